The molecule has 2 rings (SSSR count). The lowest BCUT2D eigenvalue weighted by Gasteiger charge is -2.20. The van der Waals surface area contributed by atoms with Gasteiger partial charge in [-0.05, 0) is 32.9 Å². The smallest absolute Gasteiger partial charge is 0.412 e. The lowest BCUT2D eigenvalue weighted by atomic mass is 10.2. The topological polar surface area (TPSA) is 63.2 Å². The van der Waals surface area contributed by atoms with Gasteiger partial charge in [-0.15, -0.1) is 11.3 Å². The SMILES string of the molecule is CC(C)(C)OC(=O)Nc1ccccc1NCc1nccs1. The molecule has 1 aromatic carbocycles. The van der Waals surface area contributed by atoms with Crippen LogP contribution in [-0.2, 0) is 11.3 Å². The van der Waals surface area contributed by atoms with E-state index in [-0.39, 0.29) is 0 Å². The Morgan fingerprint density at radius 3 is 2.62 bits per heavy atom. The summed E-state index contributed by atoms with van der Waals surface area (Å²) >= 11 is 1.58. The second-order valence-electron chi connectivity index (χ2n) is 5.45. The summed E-state index contributed by atoms with van der Waals surface area (Å²) in [5, 5.41) is 8.94. The van der Waals surface area contributed by atoms with E-state index in [9.17, 15) is 4.79 Å². The molecular weight excluding hydrogens is 286 g/mol. The lowest BCUT2D eigenvalue weighted by Crippen LogP contribution is -2.27. The molecule has 0 bridgehead atoms. The fraction of sp³-hybridized carbons (Fsp3) is 0.333. The van der Waals surface area contributed by atoms with Crippen molar-refractivity contribution in [1.29, 1.82) is 0 Å². The minimum atomic E-state index is -0.520. The van der Waals surface area contributed by atoms with Crippen molar-refractivity contribution in [3.05, 3.63) is 40.8 Å². The van der Waals surface area contributed by atoms with E-state index in [4.69, 9.17) is 4.74 Å². The normalized spacial score (nSPS) is 11.0. The Hall–Kier alpha value is -2.08. The molecule has 0 saturated heterocycles. The van der Waals surface area contributed by atoms with E-state index in [0.717, 1.165) is 10.7 Å². The Morgan fingerprint density at radius 1 is 1.29 bits per heavy atom. The van der Waals surface area contributed by atoms with Gasteiger partial charge in [-0.2, -0.15) is 0 Å². The highest BCUT2D eigenvalue weighted by Crippen LogP contribution is 2.23. The maximum atomic E-state index is 11.8. The van der Waals surface area contributed by atoms with Gasteiger partial charge in [0.05, 0.1) is 17.9 Å². The van der Waals surface area contributed by atoms with Gasteiger partial charge in [0.1, 0.15) is 10.6 Å². The summed E-state index contributed by atoms with van der Waals surface area (Å²) in [4.78, 5) is 16.1. The van der Waals surface area contributed by atoms with Gasteiger partial charge >= 0.3 is 6.09 Å². The maximum Gasteiger partial charge on any atom is 0.412 e. The monoisotopic (exact) mass is 305 g/mol. The van der Waals surface area contributed by atoms with Crippen LogP contribution in [0.5, 0.6) is 0 Å². The number of hydrogen-bond acceptors (Lipinski definition) is 5. The van der Waals surface area contributed by atoms with Crippen LogP contribution in [0.2, 0.25) is 0 Å². The van der Waals surface area contributed by atoms with Crippen LogP contribution in [0, 0.1) is 0 Å². The number of benzene rings is 1. The summed E-state index contributed by atoms with van der Waals surface area (Å²) < 4.78 is 5.26. The number of carbonyl (C=O) groups excluding carboxylic acids is 1. The molecule has 0 fully saturated rings. The minimum absolute atomic E-state index is 0.467. The van der Waals surface area contributed by atoms with Crippen LogP contribution in [0.1, 0.15) is 25.8 Å². The summed E-state index contributed by atoms with van der Waals surface area (Å²) in [6.45, 7) is 6.11. The Morgan fingerprint density at radius 2 is 2.00 bits per heavy atom. The molecule has 112 valence electrons. The second-order valence-corrected chi connectivity index (χ2v) is 6.43. The molecule has 21 heavy (non-hydrogen) atoms. The molecule has 0 spiro atoms. The maximum absolute atomic E-state index is 11.8. The molecule has 1 amide bonds. The zero-order valence-corrected chi connectivity index (χ0v) is 13.2. The Kier molecular flexibility index (Phi) is 4.80. The Balaban J connectivity index is 2.01. The quantitative estimate of drug-likeness (QED) is 0.892. The van der Waals surface area contributed by atoms with Crippen molar-refractivity contribution in [2.24, 2.45) is 0 Å². The number of hydrogen-bond donors (Lipinski definition) is 2. The van der Waals surface area contributed by atoms with E-state index >= 15 is 0 Å². The van der Waals surface area contributed by atoms with Crippen molar-refractivity contribution < 1.29 is 9.53 Å². The van der Waals surface area contributed by atoms with Crippen LogP contribution in [0.25, 0.3) is 0 Å². The molecule has 2 N–H and O–H groups in total. The standard InChI is InChI=1S/C15H19N3O2S/c1-15(2,3)20-14(19)18-12-7-5-4-6-11(12)17-10-13-16-8-9-21-13/h4-9,17H,10H2,1-3H3,(H,18,19). The van der Waals surface area contributed by atoms with E-state index in [0.29, 0.717) is 12.2 Å². The van der Waals surface area contributed by atoms with Crippen molar-refractivity contribution in [1.82, 2.24) is 4.98 Å². The molecule has 0 saturated carbocycles. The molecule has 1 heterocycles. The number of carbonyl (C=O) groups is 1. The van der Waals surface area contributed by atoms with Crippen LogP contribution in [-0.4, -0.2) is 16.7 Å². The van der Waals surface area contributed by atoms with Gasteiger partial charge < -0.3 is 10.1 Å². The number of amides is 1. The number of nitrogens with zero attached hydrogens (tertiary/aromatic N) is 1. The van der Waals surface area contributed by atoms with Gasteiger partial charge in [0, 0.05) is 11.6 Å². The van der Waals surface area contributed by atoms with Crippen molar-refractivity contribution >= 4 is 28.8 Å². The highest BCUT2D eigenvalue weighted by molar-refractivity contribution is 7.09. The Labute approximate surface area is 128 Å². The number of para-hydroxylation sites is 2. The fourth-order valence-corrected chi connectivity index (χ4v) is 2.23. The number of ether oxygens (including phenoxy) is 1. The second kappa shape index (κ2) is 6.58. The van der Waals surface area contributed by atoms with Gasteiger partial charge in [-0.25, -0.2) is 9.78 Å². The molecule has 6 heteroatoms. The van der Waals surface area contributed by atoms with Gasteiger partial charge in [-0.1, -0.05) is 12.1 Å². The Bertz CT molecular complexity index is 591. The number of aromatic nitrogens is 1. The molecule has 0 radical (unpaired) electrons. The van der Waals surface area contributed by atoms with E-state index in [1.54, 1.807) is 17.5 Å². The van der Waals surface area contributed by atoms with Gasteiger partial charge in [-0.3, -0.25) is 5.32 Å². The van der Waals surface area contributed by atoms with E-state index in [2.05, 4.69) is 15.6 Å². The molecule has 1 aromatic heterocycles. The van der Waals surface area contributed by atoms with Crippen LogP contribution < -0.4 is 10.6 Å². The van der Waals surface area contributed by atoms with Crippen LogP contribution in [0.15, 0.2) is 35.8 Å². The van der Waals surface area contributed by atoms with Gasteiger partial charge in [0.25, 0.3) is 0 Å². The van der Waals surface area contributed by atoms with Gasteiger partial charge in [0.15, 0.2) is 0 Å². The fourth-order valence-electron chi connectivity index (χ4n) is 1.67. The first-order chi connectivity index (χ1) is 9.94. The average Bonchev–Trinajstić information content (AvgIpc) is 2.88. The summed E-state index contributed by atoms with van der Waals surface area (Å²) in [7, 11) is 0. The van der Waals surface area contributed by atoms with Crippen molar-refractivity contribution in [3.63, 3.8) is 0 Å². The number of nitrogens with one attached hydrogen (secondary N) is 2. The zero-order chi connectivity index (χ0) is 15.3. The predicted octanol–water partition coefficient (Wildman–Crippen LogP) is 4.10. The summed E-state index contributed by atoms with van der Waals surface area (Å²) in [6, 6.07) is 7.50. The summed E-state index contributed by atoms with van der Waals surface area (Å²) in [5.74, 6) is 0. The third-order valence-corrected chi connectivity index (χ3v) is 3.26. The van der Waals surface area contributed by atoms with Crippen molar-refractivity contribution in [3.8, 4) is 0 Å². The largest absolute Gasteiger partial charge is 0.444 e. The van der Waals surface area contributed by atoms with Crippen molar-refractivity contribution in [2.45, 2.75) is 32.9 Å². The van der Waals surface area contributed by atoms with Crippen LogP contribution in [0.3, 0.4) is 0 Å². The molecule has 2 aromatic rings. The molecule has 0 unspecified atom stereocenters. The minimum Gasteiger partial charge on any atom is -0.444 e. The highest BCUT2D eigenvalue weighted by Gasteiger charge is 2.17. The first-order valence-electron chi connectivity index (χ1n) is 6.65. The molecular formula is C15H19N3O2S. The highest BCUT2D eigenvalue weighted by atomic mass is 32.1. The van der Waals surface area contributed by atoms with E-state index in [1.165, 1.54) is 0 Å². The van der Waals surface area contributed by atoms with Crippen LogP contribution in [0.4, 0.5) is 16.2 Å². The third-order valence-electron chi connectivity index (χ3n) is 2.48. The van der Waals surface area contributed by atoms with Gasteiger partial charge in [0.2, 0.25) is 0 Å². The molecule has 5 nitrogen and oxygen atoms in total. The number of anilines is 2. The van der Waals surface area contributed by atoms with Crippen LogP contribution >= 0.6 is 11.3 Å². The summed E-state index contributed by atoms with van der Waals surface area (Å²) in [5.41, 5.74) is 0.995. The average molecular weight is 305 g/mol. The van der Waals surface area contributed by atoms with E-state index < -0.39 is 11.7 Å². The molecule has 0 aliphatic carbocycles. The first-order valence-corrected chi connectivity index (χ1v) is 7.53. The molecule has 0 aliphatic heterocycles. The zero-order valence-electron chi connectivity index (χ0n) is 12.3. The third kappa shape index (κ3) is 5.07. The first kappa shape index (κ1) is 15.3. The lowest BCUT2D eigenvalue weighted by molar-refractivity contribution is 0.0636. The summed E-state index contributed by atoms with van der Waals surface area (Å²) in [6.07, 6.45) is 1.30. The predicted molar refractivity (Wildman–Crippen MR) is 85.7 cm³/mol. The number of thiazole rings is 1. The molecule has 0 aliphatic rings. The molecule has 0 atom stereocenters. The van der Waals surface area contributed by atoms with Crippen molar-refractivity contribution in [2.75, 3.05) is 10.6 Å². The van der Waals surface area contributed by atoms with E-state index in [1.807, 2.05) is 50.4 Å². The number of rotatable bonds is 4.